The summed E-state index contributed by atoms with van der Waals surface area (Å²) in [5.74, 6) is 1.62. The van der Waals surface area contributed by atoms with E-state index in [0.29, 0.717) is 12.4 Å². The van der Waals surface area contributed by atoms with Crippen LogP contribution in [-0.2, 0) is 6.54 Å². The van der Waals surface area contributed by atoms with Crippen LogP contribution in [0.15, 0.2) is 18.5 Å². The molecule has 106 valence electrons. The lowest BCUT2D eigenvalue weighted by atomic mass is 10.4. The number of hydrogen-bond donors (Lipinski definition) is 3. The van der Waals surface area contributed by atoms with Crippen molar-refractivity contribution >= 4 is 17.6 Å². The van der Waals surface area contributed by atoms with Gasteiger partial charge in [-0.2, -0.15) is 9.97 Å². The van der Waals surface area contributed by atoms with E-state index in [1.165, 1.54) is 0 Å². The molecule has 2 rings (SSSR count). The highest BCUT2D eigenvalue weighted by molar-refractivity contribution is 5.51. The highest BCUT2D eigenvalue weighted by Crippen LogP contribution is 2.13. The van der Waals surface area contributed by atoms with Crippen LogP contribution in [0.3, 0.4) is 0 Å². The molecule has 7 nitrogen and oxygen atoms in total. The number of nitrogens with one attached hydrogen (secondary N) is 2. The predicted molar refractivity (Wildman–Crippen MR) is 79.3 cm³/mol. The smallest absolute Gasteiger partial charge is 0.223 e. The van der Waals surface area contributed by atoms with Crippen LogP contribution in [0.2, 0.25) is 0 Å². The van der Waals surface area contributed by atoms with Gasteiger partial charge in [-0.3, -0.25) is 9.97 Å². The van der Waals surface area contributed by atoms with E-state index in [0.717, 1.165) is 30.2 Å². The molecule has 0 aliphatic heterocycles. The molecule has 0 radical (unpaired) electrons. The third kappa shape index (κ3) is 4.04. The normalized spacial score (nSPS) is 10.3. The van der Waals surface area contributed by atoms with E-state index in [1.54, 1.807) is 12.4 Å². The van der Waals surface area contributed by atoms with Crippen LogP contribution in [0.1, 0.15) is 24.7 Å². The van der Waals surface area contributed by atoms with Gasteiger partial charge in [0, 0.05) is 18.8 Å². The molecule has 2 heterocycles. The zero-order valence-corrected chi connectivity index (χ0v) is 11.7. The fourth-order valence-corrected chi connectivity index (χ4v) is 1.59. The van der Waals surface area contributed by atoms with Crippen molar-refractivity contribution in [3.8, 4) is 0 Å². The second-order valence-corrected chi connectivity index (χ2v) is 4.43. The summed E-state index contributed by atoms with van der Waals surface area (Å²) < 4.78 is 0. The van der Waals surface area contributed by atoms with Gasteiger partial charge in [-0.15, -0.1) is 0 Å². The maximum Gasteiger partial charge on any atom is 0.223 e. The summed E-state index contributed by atoms with van der Waals surface area (Å²) in [6.45, 7) is 5.38. The molecule has 20 heavy (non-hydrogen) atoms. The first-order valence-electron chi connectivity index (χ1n) is 6.57. The Kier molecular flexibility index (Phi) is 4.65. The molecule has 2 aromatic heterocycles. The van der Waals surface area contributed by atoms with Gasteiger partial charge in [0.15, 0.2) is 0 Å². The predicted octanol–water partition coefficient (Wildman–Crippen LogP) is 1.59. The molecule has 0 aliphatic rings. The Morgan fingerprint density at radius 3 is 2.50 bits per heavy atom. The van der Waals surface area contributed by atoms with E-state index >= 15 is 0 Å². The largest absolute Gasteiger partial charge is 0.370 e. The molecule has 0 atom stereocenters. The topological polar surface area (TPSA) is 102 Å². The van der Waals surface area contributed by atoms with Crippen molar-refractivity contribution in [2.45, 2.75) is 26.8 Å². The average molecular weight is 273 g/mol. The van der Waals surface area contributed by atoms with Gasteiger partial charge in [-0.1, -0.05) is 6.92 Å². The number of nitrogen functional groups attached to an aromatic ring is 1. The number of nitrogens with two attached hydrogens (primary N) is 1. The van der Waals surface area contributed by atoms with Gasteiger partial charge in [0.25, 0.3) is 0 Å². The minimum Gasteiger partial charge on any atom is -0.370 e. The summed E-state index contributed by atoms with van der Waals surface area (Å²) in [7, 11) is 0. The Bertz CT molecular complexity index is 553. The molecule has 0 saturated heterocycles. The molecule has 0 amide bonds. The fraction of sp³-hybridized carbons (Fsp3) is 0.385. The molecular weight excluding hydrogens is 254 g/mol. The second-order valence-electron chi connectivity index (χ2n) is 4.43. The molecule has 0 aromatic carbocycles. The highest BCUT2D eigenvalue weighted by Gasteiger charge is 2.02. The van der Waals surface area contributed by atoms with Crippen LogP contribution in [-0.4, -0.2) is 26.5 Å². The molecule has 0 unspecified atom stereocenters. The first kappa shape index (κ1) is 14.0. The first-order chi connectivity index (χ1) is 9.67. The van der Waals surface area contributed by atoms with Crippen molar-refractivity contribution in [3.05, 3.63) is 29.8 Å². The molecule has 4 N–H and O–H groups in total. The summed E-state index contributed by atoms with van der Waals surface area (Å²) in [6, 6.07) is 1.83. The summed E-state index contributed by atoms with van der Waals surface area (Å²) >= 11 is 0. The van der Waals surface area contributed by atoms with E-state index in [2.05, 4.69) is 37.5 Å². The third-order valence-corrected chi connectivity index (χ3v) is 2.58. The average Bonchev–Trinajstić information content (AvgIpc) is 2.44. The van der Waals surface area contributed by atoms with Gasteiger partial charge >= 0.3 is 0 Å². The molecule has 0 saturated carbocycles. The Labute approximate surface area is 118 Å². The van der Waals surface area contributed by atoms with Gasteiger partial charge in [0.1, 0.15) is 11.6 Å². The Morgan fingerprint density at radius 2 is 1.85 bits per heavy atom. The van der Waals surface area contributed by atoms with Crippen molar-refractivity contribution < 1.29 is 0 Å². The molecule has 0 bridgehead atoms. The lowest BCUT2D eigenvalue weighted by molar-refractivity contribution is 0.958. The fourth-order valence-electron chi connectivity index (χ4n) is 1.59. The molecule has 2 aromatic rings. The van der Waals surface area contributed by atoms with Crippen molar-refractivity contribution in [2.75, 3.05) is 22.9 Å². The van der Waals surface area contributed by atoms with Gasteiger partial charge < -0.3 is 16.4 Å². The van der Waals surface area contributed by atoms with Crippen molar-refractivity contribution in [2.24, 2.45) is 0 Å². The van der Waals surface area contributed by atoms with E-state index < -0.39 is 0 Å². The van der Waals surface area contributed by atoms with E-state index in [9.17, 15) is 0 Å². The van der Waals surface area contributed by atoms with E-state index in [-0.39, 0.29) is 5.95 Å². The van der Waals surface area contributed by atoms with Crippen molar-refractivity contribution in [3.63, 3.8) is 0 Å². The number of aryl methyl sites for hydroxylation is 1. The van der Waals surface area contributed by atoms with E-state index in [4.69, 9.17) is 5.73 Å². The number of rotatable bonds is 6. The summed E-state index contributed by atoms with van der Waals surface area (Å²) in [5.41, 5.74) is 7.43. The maximum absolute atomic E-state index is 5.69. The Morgan fingerprint density at radius 1 is 1.10 bits per heavy atom. The van der Waals surface area contributed by atoms with Crippen molar-refractivity contribution in [1.29, 1.82) is 0 Å². The van der Waals surface area contributed by atoms with Gasteiger partial charge in [-0.25, -0.2) is 0 Å². The van der Waals surface area contributed by atoms with Gasteiger partial charge in [0.2, 0.25) is 5.95 Å². The van der Waals surface area contributed by atoms with Gasteiger partial charge in [0.05, 0.1) is 24.1 Å². The maximum atomic E-state index is 5.69. The lowest BCUT2D eigenvalue weighted by Gasteiger charge is -2.09. The summed E-state index contributed by atoms with van der Waals surface area (Å²) in [5, 5.41) is 6.35. The lowest BCUT2D eigenvalue weighted by Crippen LogP contribution is -2.09. The van der Waals surface area contributed by atoms with Crippen LogP contribution < -0.4 is 16.4 Å². The molecule has 0 aliphatic carbocycles. The van der Waals surface area contributed by atoms with Crippen LogP contribution in [0.4, 0.5) is 17.6 Å². The Hall–Kier alpha value is -2.44. The number of nitrogens with zero attached hydrogens (tertiary/aromatic N) is 4. The minimum atomic E-state index is 0.239. The Balaban J connectivity index is 2.01. The first-order valence-corrected chi connectivity index (χ1v) is 6.57. The summed E-state index contributed by atoms with van der Waals surface area (Å²) in [4.78, 5) is 16.7. The number of aromatic nitrogens is 4. The van der Waals surface area contributed by atoms with Crippen molar-refractivity contribution in [1.82, 2.24) is 19.9 Å². The number of anilines is 3. The van der Waals surface area contributed by atoms with Crippen LogP contribution in [0, 0.1) is 6.92 Å². The zero-order valence-electron chi connectivity index (χ0n) is 11.7. The second kappa shape index (κ2) is 6.65. The minimum absolute atomic E-state index is 0.239. The monoisotopic (exact) mass is 273 g/mol. The molecule has 7 heteroatoms. The third-order valence-electron chi connectivity index (χ3n) is 2.58. The highest BCUT2D eigenvalue weighted by atomic mass is 15.1. The zero-order chi connectivity index (χ0) is 14.4. The quantitative estimate of drug-likeness (QED) is 0.734. The molecule has 0 spiro atoms. The van der Waals surface area contributed by atoms with Crippen LogP contribution in [0.5, 0.6) is 0 Å². The summed E-state index contributed by atoms with van der Waals surface area (Å²) in [6.07, 6.45) is 4.49. The SMILES string of the molecule is CCCNc1cc(NCc2cnc(C)cn2)nc(N)n1. The van der Waals surface area contributed by atoms with Crippen LogP contribution in [0.25, 0.3) is 0 Å². The standard InChI is InChI=1S/C13H19N7/c1-3-4-15-11-5-12(20-13(14)19-11)18-8-10-7-16-9(2)6-17-10/h5-7H,3-4,8H2,1-2H3,(H4,14,15,18,19,20). The van der Waals surface area contributed by atoms with Gasteiger partial charge in [-0.05, 0) is 13.3 Å². The molecular formula is C13H19N7. The number of hydrogen-bond acceptors (Lipinski definition) is 7. The molecule has 0 fully saturated rings. The van der Waals surface area contributed by atoms with Crippen LogP contribution >= 0.6 is 0 Å². The van der Waals surface area contributed by atoms with E-state index in [1.807, 2.05) is 13.0 Å².